The first-order valence-corrected chi connectivity index (χ1v) is 10.1. The maximum Gasteiger partial charge on any atom is 0.324 e. The summed E-state index contributed by atoms with van der Waals surface area (Å²) >= 11 is 0. The fourth-order valence-corrected chi connectivity index (χ4v) is 3.66. The van der Waals surface area contributed by atoms with Gasteiger partial charge in [-0.1, -0.05) is 18.2 Å². The average molecular weight is 439 g/mol. The lowest BCUT2D eigenvalue weighted by atomic mass is 10.1. The highest BCUT2D eigenvalue weighted by Crippen LogP contribution is 2.30. The van der Waals surface area contributed by atoms with Crippen molar-refractivity contribution >= 4 is 23.3 Å². The topological polar surface area (TPSA) is 52.7 Å². The van der Waals surface area contributed by atoms with Gasteiger partial charge in [0.05, 0.1) is 17.9 Å². The van der Waals surface area contributed by atoms with E-state index in [1.54, 1.807) is 24.3 Å². The monoisotopic (exact) mass is 439 g/mol. The lowest BCUT2D eigenvalue weighted by Gasteiger charge is -2.36. The molecule has 3 aromatic rings. The van der Waals surface area contributed by atoms with Crippen molar-refractivity contribution in [2.24, 2.45) is 0 Å². The molecule has 1 aliphatic rings. The van der Waals surface area contributed by atoms with Crippen LogP contribution in [0.4, 0.5) is 29.3 Å². The second-order valence-electron chi connectivity index (χ2n) is 7.43. The van der Waals surface area contributed by atoms with Crippen LogP contribution in [0.5, 0.6) is 0 Å². The van der Waals surface area contributed by atoms with Crippen LogP contribution in [0, 0.1) is 17.5 Å². The number of carbonyl (C=O) groups excluding carboxylic acids is 2. The Kier molecular flexibility index (Phi) is 6.11. The number of amides is 3. The molecule has 5 nitrogen and oxygen atoms in total. The molecule has 8 heteroatoms. The van der Waals surface area contributed by atoms with Crippen molar-refractivity contribution in [2.75, 3.05) is 23.3 Å². The summed E-state index contributed by atoms with van der Waals surface area (Å²) in [7, 11) is 0. The quantitative estimate of drug-likeness (QED) is 0.595. The highest BCUT2D eigenvalue weighted by Gasteiger charge is 2.29. The Labute approximate surface area is 183 Å². The number of anilines is 2. The lowest BCUT2D eigenvalue weighted by molar-refractivity contribution is 0.102. The Morgan fingerprint density at radius 1 is 0.906 bits per heavy atom. The molecule has 0 radical (unpaired) electrons. The zero-order valence-corrected chi connectivity index (χ0v) is 17.0. The molecule has 1 heterocycles. The zero-order chi connectivity index (χ0) is 22.7. The summed E-state index contributed by atoms with van der Waals surface area (Å²) in [6.07, 6.45) is 0.606. The van der Waals surface area contributed by atoms with Crippen molar-refractivity contribution in [3.8, 4) is 0 Å². The lowest BCUT2D eigenvalue weighted by Crippen LogP contribution is -2.49. The third kappa shape index (κ3) is 4.59. The summed E-state index contributed by atoms with van der Waals surface area (Å²) in [5.41, 5.74) is 1.08. The standard InChI is InChI=1S/C24H20F3N3O2/c25-18-6-3-5-16(13-18)23(31)28-21-7-1-2-8-22(21)30-12-4-11-29(24(30)32)15-17-14-19(26)9-10-20(17)27/h1-3,5-10,13-14H,4,11-12,15H2,(H,28,31). The number of urea groups is 1. The fraction of sp³-hybridized carbons (Fsp3) is 0.167. The van der Waals surface area contributed by atoms with Gasteiger partial charge in [-0.2, -0.15) is 0 Å². The van der Waals surface area contributed by atoms with E-state index in [0.29, 0.717) is 30.9 Å². The molecule has 4 rings (SSSR count). The largest absolute Gasteiger partial charge is 0.324 e. The Balaban J connectivity index is 1.56. The van der Waals surface area contributed by atoms with Crippen LogP contribution >= 0.6 is 0 Å². The van der Waals surface area contributed by atoms with Crippen molar-refractivity contribution in [1.29, 1.82) is 0 Å². The minimum Gasteiger partial charge on any atom is -0.320 e. The molecule has 1 saturated heterocycles. The van der Waals surface area contributed by atoms with Gasteiger partial charge in [0.15, 0.2) is 0 Å². The number of rotatable bonds is 5. The first kappa shape index (κ1) is 21.4. The molecule has 0 aromatic heterocycles. The van der Waals surface area contributed by atoms with E-state index in [-0.39, 0.29) is 23.7 Å². The summed E-state index contributed by atoms with van der Waals surface area (Å²) in [6.45, 7) is 0.716. The SMILES string of the molecule is O=C(Nc1ccccc1N1CCCN(Cc2cc(F)ccc2F)C1=O)c1cccc(F)c1. The van der Waals surface area contributed by atoms with Crippen molar-refractivity contribution in [3.63, 3.8) is 0 Å². The number of carbonyl (C=O) groups is 2. The minimum atomic E-state index is -0.584. The van der Waals surface area contributed by atoms with Crippen molar-refractivity contribution in [3.05, 3.63) is 95.3 Å². The molecule has 0 aliphatic carbocycles. The van der Waals surface area contributed by atoms with Gasteiger partial charge in [0, 0.05) is 24.2 Å². The maximum atomic E-state index is 14.1. The average Bonchev–Trinajstić information content (AvgIpc) is 2.78. The van der Waals surface area contributed by atoms with Crippen molar-refractivity contribution in [1.82, 2.24) is 4.90 Å². The number of nitrogens with zero attached hydrogens (tertiary/aromatic N) is 2. The van der Waals surface area contributed by atoms with Crippen LogP contribution in [0.3, 0.4) is 0 Å². The van der Waals surface area contributed by atoms with Crippen LogP contribution in [-0.2, 0) is 6.54 Å². The van der Waals surface area contributed by atoms with E-state index in [1.165, 1.54) is 28.0 Å². The predicted octanol–water partition coefficient (Wildman–Crippen LogP) is 5.19. The Hall–Kier alpha value is -3.81. The Morgan fingerprint density at radius 3 is 2.50 bits per heavy atom. The zero-order valence-electron chi connectivity index (χ0n) is 17.0. The molecule has 164 valence electrons. The second-order valence-corrected chi connectivity index (χ2v) is 7.43. The first-order valence-electron chi connectivity index (χ1n) is 10.1. The van der Waals surface area contributed by atoms with E-state index < -0.39 is 23.4 Å². The normalized spacial score (nSPS) is 13.9. The van der Waals surface area contributed by atoms with Crippen LogP contribution in [0.1, 0.15) is 22.3 Å². The van der Waals surface area contributed by atoms with E-state index in [9.17, 15) is 22.8 Å². The van der Waals surface area contributed by atoms with Gasteiger partial charge in [-0.3, -0.25) is 9.69 Å². The summed E-state index contributed by atoms with van der Waals surface area (Å²) < 4.78 is 41.1. The molecule has 3 amide bonds. The molecule has 1 N–H and O–H groups in total. The molecule has 0 spiro atoms. The van der Waals surface area contributed by atoms with Gasteiger partial charge in [0.2, 0.25) is 0 Å². The molecule has 1 fully saturated rings. The van der Waals surface area contributed by atoms with Gasteiger partial charge in [0.25, 0.3) is 5.91 Å². The molecular formula is C24H20F3N3O2. The van der Waals surface area contributed by atoms with Crippen molar-refractivity contribution in [2.45, 2.75) is 13.0 Å². The third-order valence-electron chi connectivity index (χ3n) is 5.21. The minimum absolute atomic E-state index is 0.0727. The third-order valence-corrected chi connectivity index (χ3v) is 5.21. The van der Waals surface area contributed by atoms with Crippen LogP contribution in [0.2, 0.25) is 0 Å². The van der Waals surface area contributed by atoms with E-state index in [2.05, 4.69) is 5.32 Å². The number of para-hydroxylation sites is 2. The molecule has 0 bridgehead atoms. The van der Waals surface area contributed by atoms with Crippen LogP contribution in [0.25, 0.3) is 0 Å². The fourth-order valence-electron chi connectivity index (χ4n) is 3.66. The van der Waals surface area contributed by atoms with E-state index in [1.807, 2.05) is 0 Å². The number of hydrogen-bond acceptors (Lipinski definition) is 2. The highest BCUT2D eigenvalue weighted by molar-refractivity contribution is 6.07. The van der Waals surface area contributed by atoms with Gasteiger partial charge in [-0.05, 0) is 55.0 Å². The van der Waals surface area contributed by atoms with E-state index >= 15 is 0 Å². The summed E-state index contributed by atoms with van der Waals surface area (Å²) in [4.78, 5) is 28.7. The smallest absolute Gasteiger partial charge is 0.320 e. The predicted molar refractivity (Wildman–Crippen MR) is 115 cm³/mol. The Morgan fingerprint density at radius 2 is 1.69 bits per heavy atom. The number of benzene rings is 3. The van der Waals surface area contributed by atoms with Crippen molar-refractivity contribution < 1.29 is 22.8 Å². The summed E-state index contributed by atoms with van der Waals surface area (Å²) in [6, 6.07) is 14.8. The van der Waals surface area contributed by atoms with E-state index in [4.69, 9.17) is 0 Å². The van der Waals surface area contributed by atoms with Gasteiger partial charge in [-0.25, -0.2) is 18.0 Å². The number of halogens is 3. The maximum absolute atomic E-state index is 14.1. The summed E-state index contributed by atoms with van der Waals surface area (Å²) in [5.74, 6) is -2.20. The Bertz CT molecular complexity index is 1170. The van der Waals surface area contributed by atoms with Gasteiger partial charge >= 0.3 is 6.03 Å². The van der Waals surface area contributed by atoms with Crippen LogP contribution in [0.15, 0.2) is 66.7 Å². The number of nitrogens with one attached hydrogen (secondary N) is 1. The van der Waals surface area contributed by atoms with E-state index in [0.717, 1.165) is 24.3 Å². The molecule has 0 saturated carbocycles. The molecule has 0 unspecified atom stereocenters. The molecule has 0 atom stereocenters. The summed E-state index contributed by atoms with van der Waals surface area (Å²) in [5, 5.41) is 2.73. The first-order chi connectivity index (χ1) is 15.4. The van der Waals surface area contributed by atoms with Gasteiger partial charge in [0.1, 0.15) is 17.5 Å². The van der Waals surface area contributed by atoms with Gasteiger partial charge < -0.3 is 10.2 Å². The molecule has 32 heavy (non-hydrogen) atoms. The molecule has 3 aromatic carbocycles. The number of hydrogen-bond donors (Lipinski definition) is 1. The second kappa shape index (κ2) is 9.13. The molecular weight excluding hydrogens is 419 g/mol. The highest BCUT2D eigenvalue weighted by atomic mass is 19.1. The van der Waals surface area contributed by atoms with Gasteiger partial charge in [-0.15, -0.1) is 0 Å². The van der Waals surface area contributed by atoms with Crippen LogP contribution < -0.4 is 10.2 Å². The molecule has 1 aliphatic heterocycles. The van der Waals surface area contributed by atoms with Crippen LogP contribution in [-0.4, -0.2) is 29.9 Å².